The monoisotopic (exact) mass is 262 g/mol. The number of aromatic nitrogens is 3. The average molecular weight is 262 g/mol. The van der Waals surface area contributed by atoms with Crippen LogP contribution in [0.15, 0.2) is 12.1 Å². The maximum absolute atomic E-state index is 11.1. The third-order valence-corrected chi connectivity index (χ3v) is 3.16. The SMILES string of the molecule is O=C(O)c1cc([N+](=O)[O-])c2c(c1)nnn2CC1CC1. The van der Waals surface area contributed by atoms with Crippen molar-refractivity contribution in [2.75, 3.05) is 0 Å². The number of carbonyl (C=O) groups is 1. The van der Waals surface area contributed by atoms with Gasteiger partial charge in [-0.15, -0.1) is 5.10 Å². The summed E-state index contributed by atoms with van der Waals surface area (Å²) in [6.07, 6.45) is 2.17. The standard InChI is InChI=1S/C11H10N4O4/c16-11(17)7-3-8-10(9(4-7)15(18)19)14(13-12-8)5-6-1-2-6/h3-4,6H,1-2,5H2,(H,16,17). The number of benzene rings is 1. The van der Waals surface area contributed by atoms with Gasteiger partial charge in [-0.25, -0.2) is 9.48 Å². The van der Waals surface area contributed by atoms with Gasteiger partial charge in [0.1, 0.15) is 5.52 Å². The summed E-state index contributed by atoms with van der Waals surface area (Å²) in [5, 5.41) is 27.7. The van der Waals surface area contributed by atoms with Crippen molar-refractivity contribution in [3.05, 3.63) is 27.8 Å². The van der Waals surface area contributed by atoms with Gasteiger partial charge in [-0.1, -0.05) is 5.21 Å². The van der Waals surface area contributed by atoms with Gasteiger partial charge in [0, 0.05) is 12.6 Å². The van der Waals surface area contributed by atoms with Crippen molar-refractivity contribution in [2.45, 2.75) is 19.4 Å². The molecule has 98 valence electrons. The van der Waals surface area contributed by atoms with Gasteiger partial charge in [0.05, 0.1) is 10.5 Å². The summed E-state index contributed by atoms with van der Waals surface area (Å²) in [7, 11) is 0. The number of fused-ring (bicyclic) bond motifs is 1. The fraction of sp³-hybridized carbons (Fsp3) is 0.364. The van der Waals surface area contributed by atoms with Crippen LogP contribution in [0.2, 0.25) is 0 Å². The summed E-state index contributed by atoms with van der Waals surface area (Å²) >= 11 is 0. The Morgan fingerprint density at radius 1 is 1.53 bits per heavy atom. The molecule has 1 N–H and O–H groups in total. The highest BCUT2D eigenvalue weighted by atomic mass is 16.6. The zero-order valence-electron chi connectivity index (χ0n) is 9.81. The van der Waals surface area contributed by atoms with Gasteiger partial charge < -0.3 is 5.11 Å². The van der Waals surface area contributed by atoms with Crippen molar-refractivity contribution in [2.24, 2.45) is 5.92 Å². The van der Waals surface area contributed by atoms with Crippen molar-refractivity contribution in [1.82, 2.24) is 15.0 Å². The first-order chi connectivity index (χ1) is 9.06. The number of hydrogen-bond acceptors (Lipinski definition) is 5. The largest absolute Gasteiger partial charge is 0.478 e. The minimum Gasteiger partial charge on any atom is -0.478 e. The van der Waals surface area contributed by atoms with Gasteiger partial charge in [-0.2, -0.15) is 0 Å². The van der Waals surface area contributed by atoms with E-state index in [-0.39, 0.29) is 16.8 Å². The molecule has 1 aliphatic rings. The van der Waals surface area contributed by atoms with E-state index in [4.69, 9.17) is 5.11 Å². The number of non-ortho nitro benzene ring substituents is 1. The molecule has 1 aromatic heterocycles. The van der Waals surface area contributed by atoms with Crippen LogP contribution in [0.5, 0.6) is 0 Å². The summed E-state index contributed by atoms with van der Waals surface area (Å²) in [5.41, 5.74) is 0.118. The van der Waals surface area contributed by atoms with Crippen LogP contribution in [-0.2, 0) is 6.54 Å². The second kappa shape index (κ2) is 4.01. The molecule has 1 aliphatic carbocycles. The predicted octanol–water partition coefficient (Wildman–Crippen LogP) is 1.45. The number of nitro groups is 1. The molecule has 2 aromatic rings. The molecule has 1 aromatic carbocycles. The highest BCUT2D eigenvalue weighted by Gasteiger charge is 2.27. The Labute approximate surface area is 106 Å². The number of nitrogens with zero attached hydrogens (tertiary/aromatic N) is 4. The zero-order valence-corrected chi connectivity index (χ0v) is 9.81. The summed E-state index contributed by atoms with van der Waals surface area (Å²) < 4.78 is 1.50. The lowest BCUT2D eigenvalue weighted by molar-refractivity contribution is -0.383. The Bertz CT molecular complexity index is 689. The van der Waals surface area contributed by atoms with E-state index >= 15 is 0 Å². The molecule has 1 saturated carbocycles. The summed E-state index contributed by atoms with van der Waals surface area (Å²) in [6.45, 7) is 0.587. The highest BCUT2D eigenvalue weighted by molar-refractivity contribution is 5.96. The molecule has 0 atom stereocenters. The first-order valence-electron chi connectivity index (χ1n) is 5.81. The zero-order chi connectivity index (χ0) is 13.6. The summed E-state index contributed by atoms with van der Waals surface area (Å²) in [6, 6.07) is 2.36. The molecular formula is C11H10N4O4. The second-order valence-corrected chi connectivity index (χ2v) is 4.64. The number of hydrogen-bond donors (Lipinski definition) is 1. The molecule has 8 nitrogen and oxygen atoms in total. The van der Waals surface area contributed by atoms with E-state index in [9.17, 15) is 14.9 Å². The normalized spacial score (nSPS) is 14.7. The first kappa shape index (κ1) is 11.6. The Morgan fingerprint density at radius 3 is 2.84 bits per heavy atom. The van der Waals surface area contributed by atoms with E-state index in [1.807, 2.05) is 0 Å². The average Bonchev–Trinajstić information content (AvgIpc) is 3.08. The van der Waals surface area contributed by atoms with Crippen LogP contribution in [0, 0.1) is 16.0 Å². The van der Waals surface area contributed by atoms with Crippen LogP contribution in [0.25, 0.3) is 11.0 Å². The van der Waals surface area contributed by atoms with E-state index in [2.05, 4.69) is 10.3 Å². The maximum Gasteiger partial charge on any atom is 0.336 e. The molecule has 0 amide bonds. The number of carboxylic acid groups (broad SMARTS) is 1. The topological polar surface area (TPSA) is 111 Å². The molecule has 1 fully saturated rings. The van der Waals surface area contributed by atoms with Gasteiger partial charge in [0.25, 0.3) is 5.69 Å². The van der Waals surface area contributed by atoms with Crippen LogP contribution in [0.4, 0.5) is 5.69 Å². The van der Waals surface area contributed by atoms with Crippen LogP contribution < -0.4 is 0 Å². The molecule has 0 saturated heterocycles. The van der Waals surface area contributed by atoms with E-state index in [0.29, 0.717) is 18.0 Å². The number of carboxylic acids is 1. The lowest BCUT2D eigenvalue weighted by atomic mass is 10.1. The molecule has 8 heteroatoms. The predicted molar refractivity (Wildman–Crippen MR) is 63.9 cm³/mol. The van der Waals surface area contributed by atoms with E-state index < -0.39 is 10.9 Å². The Morgan fingerprint density at radius 2 is 2.26 bits per heavy atom. The molecule has 19 heavy (non-hydrogen) atoms. The summed E-state index contributed by atoms with van der Waals surface area (Å²) in [4.78, 5) is 21.4. The number of aromatic carboxylic acids is 1. The van der Waals surface area contributed by atoms with Crippen LogP contribution in [0.3, 0.4) is 0 Å². The lowest BCUT2D eigenvalue weighted by Gasteiger charge is -2.02. The van der Waals surface area contributed by atoms with Crippen LogP contribution in [-0.4, -0.2) is 31.0 Å². The minimum absolute atomic E-state index is 0.155. The van der Waals surface area contributed by atoms with Gasteiger partial charge in [-0.3, -0.25) is 10.1 Å². The van der Waals surface area contributed by atoms with Crippen molar-refractivity contribution < 1.29 is 14.8 Å². The fourth-order valence-electron chi connectivity index (χ4n) is 2.03. The van der Waals surface area contributed by atoms with E-state index in [0.717, 1.165) is 18.9 Å². The number of nitro benzene ring substituents is 1. The molecular weight excluding hydrogens is 252 g/mol. The molecule has 0 aliphatic heterocycles. The smallest absolute Gasteiger partial charge is 0.336 e. The second-order valence-electron chi connectivity index (χ2n) is 4.64. The minimum atomic E-state index is -1.22. The van der Waals surface area contributed by atoms with E-state index in [1.165, 1.54) is 10.7 Å². The molecule has 0 radical (unpaired) electrons. The van der Waals surface area contributed by atoms with Crippen LogP contribution in [0.1, 0.15) is 23.2 Å². The fourth-order valence-corrected chi connectivity index (χ4v) is 2.03. The molecule has 0 spiro atoms. The van der Waals surface area contributed by atoms with Crippen molar-refractivity contribution in [3.8, 4) is 0 Å². The van der Waals surface area contributed by atoms with Crippen molar-refractivity contribution >= 4 is 22.7 Å². The lowest BCUT2D eigenvalue weighted by Crippen LogP contribution is -2.05. The quantitative estimate of drug-likeness (QED) is 0.659. The maximum atomic E-state index is 11.1. The third-order valence-electron chi connectivity index (χ3n) is 3.16. The third kappa shape index (κ3) is 2.01. The van der Waals surface area contributed by atoms with E-state index in [1.54, 1.807) is 0 Å². The molecule has 1 heterocycles. The van der Waals surface area contributed by atoms with Gasteiger partial charge in [0.2, 0.25) is 0 Å². The molecule has 0 bridgehead atoms. The van der Waals surface area contributed by atoms with Gasteiger partial charge in [-0.05, 0) is 24.8 Å². The van der Waals surface area contributed by atoms with Crippen molar-refractivity contribution in [1.29, 1.82) is 0 Å². The Hall–Kier alpha value is -2.51. The van der Waals surface area contributed by atoms with Crippen molar-refractivity contribution in [3.63, 3.8) is 0 Å². The van der Waals surface area contributed by atoms with Gasteiger partial charge >= 0.3 is 5.97 Å². The molecule has 3 rings (SSSR count). The highest BCUT2D eigenvalue weighted by Crippen LogP contribution is 2.33. The van der Waals surface area contributed by atoms with Gasteiger partial charge in [0.15, 0.2) is 5.52 Å². The summed E-state index contributed by atoms with van der Waals surface area (Å²) in [5.74, 6) is -0.731. The Balaban J connectivity index is 2.20. The Kier molecular flexibility index (Phi) is 2.44. The van der Waals surface area contributed by atoms with Crippen LogP contribution >= 0.6 is 0 Å². The molecule has 0 unspecified atom stereocenters. The first-order valence-corrected chi connectivity index (χ1v) is 5.81. The number of rotatable bonds is 4.